The first-order valence-electron chi connectivity index (χ1n) is 22.1. The summed E-state index contributed by atoms with van der Waals surface area (Å²) in [6.07, 6.45) is 0. The summed E-state index contributed by atoms with van der Waals surface area (Å²) < 4.78 is 5.23. The molecular formula is C61H38N2S. The first-order chi connectivity index (χ1) is 31.8. The maximum absolute atomic E-state index is 2.58. The molecular weight excluding hydrogens is 793 g/mol. The van der Waals surface area contributed by atoms with Gasteiger partial charge in [0, 0.05) is 48.0 Å². The summed E-state index contributed by atoms with van der Waals surface area (Å²) in [5, 5.41) is 5.26. The van der Waals surface area contributed by atoms with Crippen LogP contribution in [0.4, 0.5) is 17.1 Å². The van der Waals surface area contributed by atoms with Crippen molar-refractivity contribution in [1.29, 1.82) is 0 Å². The molecule has 3 heterocycles. The number of hydrogen-bond acceptors (Lipinski definition) is 2. The van der Waals surface area contributed by atoms with Crippen LogP contribution in [0.25, 0.3) is 81.0 Å². The SMILES string of the molecule is c1ccc(-c2ccc(N(c3ccccc3)c3ccc(-c4cccc5c4sc4c5cc5c6c4c4ccccc4n6-c4ccccc4C54c5ccccc5-c5ccccc54)cc3)cc2)cc1. The molecule has 0 unspecified atom stereocenters. The highest BCUT2D eigenvalue weighted by atomic mass is 32.1. The molecule has 2 aliphatic rings. The predicted molar refractivity (Wildman–Crippen MR) is 270 cm³/mol. The van der Waals surface area contributed by atoms with Crippen molar-refractivity contribution in [3.05, 3.63) is 253 Å². The number of hydrogen-bond donors (Lipinski definition) is 0. The molecule has 0 amide bonds. The molecule has 10 aromatic carbocycles. The lowest BCUT2D eigenvalue weighted by molar-refractivity contribution is 0.750. The van der Waals surface area contributed by atoms with Crippen molar-refractivity contribution in [2.45, 2.75) is 5.41 Å². The van der Waals surface area contributed by atoms with Gasteiger partial charge in [-0.1, -0.05) is 176 Å². The van der Waals surface area contributed by atoms with Crippen LogP contribution in [-0.4, -0.2) is 4.57 Å². The molecule has 0 fully saturated rings. The molecule has 1 aliphatic carbocycles. The Kier molecular flexibility index (Phi) is 7.51. The Morgan fingerprint density at radius 2 is 0.891 bits per heavy atom. The average Bonchev–Trinajstić information content (AvgIpc) is 4.02. The molecule has 0 bridgehead atoms. The minimum absolute atomic E-state index is 0.477. The van der Waals surface area contributed by atoms with E-state index in [1.807, 2.05) is 11.3 Å². The van der Waals surface area contributed by atoms with Gasteiger partial charge in [-0.05, 0) is 110 Å². The molecule has 0 saturated carbocycles. The van der Waals surface area contributed by atoms with E-state index in [2.05, 4.69) is 240 Å². The number of thiophene rings is 1. The summed E-state index contributed by atoms with van der Waals surface area (Å²) in [6.45, 7) is 0. The number of aromatic nitrogens is 1. The van der Waals surface area contributed by atoms with Crippen LogP contribution in [0.1, 0.15) is 22.3 Å². The van der Waals surface area contributed by atoms with Gasteiger partial charge in [0.1, 0.15) is 0 Å². The minimum atomic E-state index is -0.477. The van der Waals surface area contributed by atoms with Crippen molar-refractivity contribution in [2.24, 2.45) is 0 Å². The quantitative estimate of drug-likeness (QED) is 0.168. The van der Waals surface area contributed by atoms with Gasteiger partial charge in [-0.2, -0.15) is 0 Å². The third kappa shape index (κ3) is 4.79. The molecule has 2 aromatic heterocycles. The first kappa shape index (κ1) is 35.6. The smallest absolute Gasteiger partial charge is 0.0754 e. The summed E-state index contributed by atoms with van der Waals surface area (Å²) in [4.78, 5) is 2.35. The van der Waals surface area contributed by atoms with Gasteiger partial charge in [-0.3, -0.25) is 0 Å². The zero-order chi connectivity index (χ0) is 41.9. The molecule has 2 nitrogen and oxygen atoms in total. The Labute approximate surface area is 375 Å². The Balaban J connectivity index is 0.983. The Bertz CT molecular complexity index is 3780. The van der Waals surface area contributed by atoms with E-state index in [4.69, 9.17) is 0 Å². The lowest BCUT2D eigenvalue weighted by Crippen LogP contribution is -2.33. The highest BCUT2D eigenvalue weighted by Crippen LogP contribution is 2.62. The molecule has 3 heteroatoms. The van der Waals surface area contributed by atoms with Gasteiger partial charge in [0.15, 0.2) is 0 Å². The fraction of sp³-hybridized carbons (Fsp3) is 0.0164. The van der Waals surface area contributed by atoms with Crippen LogP contribution in [0.5, 0.6) is 0 Å². The second-order valence-corrected chi connectivity index (χ2v) is 18.2. The van der Waals surface area contributed by atoms with Crippen molar-refractivity contribution in [1.82, 2.24) is 4.57 Å². The molecule has 12 aromatic rings. The predicted octanol–water partition coefficient (Wildman–Crippen LogP) is 16.6. The van der Waals surface area contributed by atoms with E-state index in [-0.39, 0.29) is 0 Å². The van der Waals surface area contributed by atoms with Gasteiger partial charge in [0.25, 0.3) is 0 Å². The zero-order valence-corrected chi connectivity index (χ0v) is 35.6. The molecule has 298 valence electrons. The zero-order valence-electron chi connectivity index (χ0n) is 34.7. The van der Waals surface area contributed by atoms with Crippen LogP contribution in [0.3, 0.4) is 0 Å². The maximum atomic E-state index is 2.58. The average molecular weight is 831 g/mol. The van der Waals surface area contributed by atoms with Crippen LogP contribution in [0, 0.1) is 0 Å². The van der Waals surface area contributed by atoms with E-state index < -0.39 is 5.41 Å². The van der Waals surface area contributed by atoms with Gasteiger partial charge in [-0.15, -0.1) is 11.3 Å². The van der Waals surface area contributed by atoms with Crippen molar-refractivity contribution in [2.75, 3.05) is 4.90 Å². The standard InChI is InChI=1S/C61H38N2S/c1-3-16-39(17-4-1)40-30-34-43(35-31-40)62(42-18-5-2-6-19-42)44-36-32-41(33-37-44)45-23-15-24-48-50-38-54-58-57(60(50)64-59(45)48)49-22-9-13-28-55(49)63(58)56-29-14-12-27-53(56)61(54)51-25-10-7-20-46(51)47-21-8-11-26-52(47)61/h1-38H. The van der Waals surface area contributed by atoms with Crippen LogP contribution in [-0.2, 0) is 5.41 Å². The largest absolute Gasteiger partial charge is 0.311 e. The summed E-state index contributed by atoms with van der Waals surface area (Å²) in [6, 6.07) is 85.3. The lowest BCUT2D eigenvalue weighted by atomic mass is 9.65. The minimum Gasteiger partial charge on any atom is -0.311 e. The van der Waals surface area contributed by atoms with E-state index in [1.165, 1.54) is 103 Å². The van der Waals surface area contributed by atoms with Gasteiger partial charge in [0.2, 0.25) is 0 Å². The third-order valence-corrected chi connectivity index (χ3v) is 15.3. The fourth-order valence-electron chi connectivity index (χ4n) is 11.4. The highest BCUT2D eigenvalue weighted by molar-refractivity contribution is 7.27. The Morgan fingerprint density at radius 3 is 1.61 bits per heavy atom. The Morgan fingerprint density at radius 1 is 0.359 bits per heavy atom. The second-order valence-electron chi connectivity index (χ2n) is 17.2. The van der Waals surface area contributed by atoms with Crippen LogP contribution >= 0.6 is 11.3 Å². The number of benzene rings is 10. The normalized spacial score (nSPS) is 13.1. The summed E-state index contributed by atoms with van der Waals surface area (Å²) in [5.41, 5.74) is 19.6. The van der Waals surface area contributed by atoms with Crippen molar-refractivity contribution >= 4 is 70.4 Å². The summed E-state index contributed by atoms with van der Waals surface area (Å²) >= 11 is 1.95. The van der Waals surface area contributed by atoms with Gasteiger partial charge in [-0.25, -0.2) is 0 Å². The van der Waals surface area contributed by atoms with Crippen LogP contribution in [0.15, 0.2) is 231 Å². The summed E-state index contributed by atoms with van der Waals surface area (Å²) in [7, 11) is 0. The van der Waals surface area contributed by atoms with Crippen molar-refractivity contribution < 1.29 is 0 Å². The highest BCUT2D eigenvalue weighted by Gasteiger charge is 2.51. The molecule has 0 saturated heterocycles. The number of anilines is 3. The molecule has 14 rings (SSSR count). The monoisotopic (exact) mass is 830 g/mol. The second kappa shape index (κ2) is 13.5. The molecule has 1 spiro atoms. The van der Waals surface area contributed by atoms with E-state index in [1.54, 1.807) is 0 Å². The molecule has 0 radical (unpaired) electrons. The Hall–Kier alpha value is -7.98. The molecule has 0 N–H and O–H groups in total. The number of nitrogens with zero attached hydrogens (tertiary/aromatic N) is 2. The molecule has 64 heavy (non-hydrogen) atoms. The van der Waals surface area contributed by atoms with E-state index in [0.717, 1.165) is 17.1 Å². The van der Waals surface area contributed by atoms with Crippen molar-refractivity contribution in [3.63, 3.8) is 0 Å². The maximum Gasteiger partial charge on any atom is 0.0754 e. The topological polar surface area (TPSA) is 8.17 Å². The van der Waals surface area contributed by atoms with Crippen LogP contribution in [0.2, 0.25) is 0 Å². The molecule has 0 atom stereocenters. The summed E-state index contributed by atoms with van der Waals surface area (Å²) in [5.74, 6) is 0. The number of rotatable bonds is 5. The van der Waals surface area contributed by atoms with Gasteiger partial charge in [0.05, 0.1) is 22.1 Å². The van der Waals surface area contributed by atoms with E-state index in [9.17, 15) is 0 Å². The van der Waals surface area contributed by atoms with E-state index >= 15 is 0 Å². The third-order valence-electron chi connectivity index (χ3n) is 14.0. The lowest BCUT2D eigenvalue weighted by Gasteiger charge is -2.39. The van der Waals surface area contributed by atoms with E-state index in [0.29, 0.717) is 0 Å². The van der Waals surface area contributed by atoms with Gasteiger partial charge >= 0.3 is 0 Å². The van der Waals surface area contributed by atoms with Crippen LogP contribution < -0.4 is 4.90 Å². The molecule has 1 aliphatic heterocycles. The van der Waals surface area contributed by atoms with Crippen molar-refractivity contribution in [3.8, 4) is 39.1 Å². The first-order valence-corrected chi connectivity index (χ1v) is 22.9. The van der Waals surface area contributed by atoms with Gasteiger partial charge < -0.3 is 9.47 Å². The fourth-order valence-corrected chi connectivity index (χ4v) is 12.7. The number of fused-ring (bicyclic) bond motifs is 16. The number of para-hydroxylation sites is 3.